The van der Waals surface area contributed by atoms with Crippen molar-refractivity contribution < 1.29 is 4.79 Å². The molecule has 2 aromatic carbocycles. The summed E-state index contributed by atoms with van der Waals surface area (Å²) in [4.78, 5) is 37.8. The van der Waals surface area contributed by atoms with Crippen LogP contribution in [0.1, 0.15) is 32.3 Å². The molecule has 0 spiro atoms. The van der Waals surface area contributed by atoms with Crippen molar-refractivity contribution in [2.45, 2.75) is 46.2 Å². The molecule has 0 N–H and O–H groups in total. The number of hydrogen-bond acceptors (Lipinski definition) is 5. The van der Waals surface area contributed by atoms with Gasteiger partial charge in [0.25, 0.3) is 5.56 Å². The van der Waals surface area contributed by atoms with E-state index in [9.17, 15) is 9.59 Å². The van der Waals surface area contributed by atoms with Crippen LogP contribution in [-0.2, 0) is 11.3 Å². The van der Waals surface area contributed by atoms with Crippen molar-refractivity contribution in [1.29, 1.82) is 0 Å². The number of carbonyl (C=O) groups is 1. The van der Waals surface area contributed by atoms with E-state index >= 15 is 0 Å². The minimum absolute atomic E-state index is 0.0119. The summed E-state index contributed by atoms with van der Waals surface area (Å²) in [6.45, 7) is 10.6. The van der Waals surface area contributed by atoms with E-state index in [0.29, 0.717) is 25.5 Å². The van der Waals surface area contributed by atoms with E-state index in [2.05, 4.69) is 52.8 Å². The summed E-state index contributed by atoms with van der Waals surface area (Å²) in [6.07, 6.45) is 1.51. The fourth-order valence-electron chi connectivity index (χ4n) is 5.64. The highest BCUT2D eigenvalue weighted by Crippen LogP contribution is 2.26. The van der Waals surface area contributed by atoms with Crippen molar-refractivity contribution >= 4 is 28.4 Å². The maximum atomic E-state index is 13.4. The highest BCUT2D eigenvalue weighted by Gasteiger charge is 2.33. The van der Waals surface area contributed by atoms with Gasteiger partial charge in [0.05, 0.1) is 11.0 Å². The Morgan fingerprint density at radius 3 is 2.51 bits per heavy atom. The van der Waals surface area contributed by atoms with Gasteiger partial charge < -0.3 is 19.3 Å². The molecule has 1 atom stereocenters. The average Bonchev–Trinajstić information content (AvgIpc) is 2.88. The summed E-state index contributed by atoms with van der Waals surface area (Å²) in [5.41, 5.74) is 4.15. The second kappa shape index (κ2) is 9.72. The number of rotatable bonds is 4. The van der Waals surface area contributed by atoms with Gasteiger partial charge in [-0.3, -0.25) is 9.59 Å². The molecule has 1 unspecified atom stereocenters. The van der Waals surface area contributed by atoms with E-state index in [0.717, 1.165) is 43.5 Å². The largest absolute Gasteiger partial charge is 0.365 e. The zero-order valence-corrected chi connectivity index (χ0v) is 21.0. The molecule has 3 aromatic rings. The van der Waals surface area contributed by atoms with Crippen LogP contribution >= 0.6 is 0 Å². The molecule has 5 rings (SSSR count). The molecule has 2 fully saturated rings. The second-order valence-corrected chi connectivity index (χ2v) is 9.90. The molecule has 0 radical (unpaired) electrons. The van der Waals surface area contributed by atoms with Gasteiger partial charge in [-0.25, -0.2) is 4.98 Å². The second-order valence-electron chi connectivity index (χ2n) is 9.90. The first-order valence-corrected chi connectivity index (χ1v) is 12.8. The van der Waals surface area contributed by atoms with Crippen molar-refractivity contribution in [3.8, 4) is 0 Å². The van der Waals surface area contributed by atoms with E-state index in [4.69, 9.17) is 4.98 Å². The number of carbonyl (C=O) groups excluding carboxylic acids is 1. The summed E-state index contributed by atoms with van der Waals surface area (Å²) in [6, 6.07) is 16.7. The van der Waals surface area contributed by atoms with Crippen LogP contribution < -0.4 is 15.4 Å². The summed E-state index contributed by atoms with van der Waals surface area (Å²) in [7, 11) is 0. The Hall–Kier alpha value is -3.35. The lowest BCUT2D eigenvalue weighted by Gasteiger charge is -2.43. The summed E-state index contributed by atoms with van der Waals surface area (Å²) >= 11 is 0. The molecule has 0 aliphatic carbocycles. The summed E-state index contributed by atoms with van der Waals surface area (Å²) < 4.78 is 1.80. The zero-order chi connectivity index (χ0) is 24.5. The topological polar surface area (TPSA) is 61.7 Å². The van der Waals surface area contributed by atoms with Gasteiger partial charge in [-0.2, -0.15) is 0 Å². The number of anilines is 2. The van der Waals surface area contributed by atoms with Crippen LogP contribution in [0.5, 0.6) is 0 Å². The van der Waals surface area contributed by atoms with E-state index in [1.807, 2.05) is 31.2 Å². The van der Waals surface area contributed by atoms with E-state index in [1.165, 1.54) is 11.3 Å². The lowest BCUT2D eigenvalue weighted by Crippen LogP contribution is -2.55. The lowest BCUT2D eigenvalue weighted by molar-refractivity contribution is -0.137. The molecular weight excluding hydrogens is 438 g/mol. The Kier molecular flexibility index (Phi) is 6.50. The zero-order valence-electron chi connectivity index (χ0n) is 21.0. The van der Waals surface area contributed by atoms with Crippen LogP contribution in [0.15, 0.2) is 53.3 Å². The number of aromatic nitrogens is 2. The number of fused-ring (bicyclic) bond motifs is 1. The Bertz CT molecular complexity index is 1280. The Balaban J connectivity index is 1.24. The fraction of sp³-hybridized carbons (Fsp3) is 0.464. The monoisotopic (exact) mass is 473 g/mol. The van der Waals surface area contributed by atoms with Crippen molar-refractivity contribution in [1.82, 2.24) is 14.5 Å². The summed E-state index contributed by atoms with van der Waals surface area (Å²) in [5, 5.41) is 0. The molecule has 7 nitrogen and oxygen atoms in total. The van der Waals surface area contributed by atoms with E-state index in [1.54, 1.807) is 4.57 Å². The molecule has 1 amide bonds. The van der Waals surface area contributed by atoms with E-state index < -0.39 is 0 Å². The van der Waals surface area contributed by atoms with Crippen LogP contribution in [-0.4, -0.2) is 59.1 Å². The predicted octanol–water partition coefficient (Wildman–Crippen LogP) is 3.68. The predicted molar refractivity (Wildman–Crippen MR) is 141 cm³/mol. The van der Waals surface area contributed by atoms with Gasteiger partial charge in [0, 0.05) is 56.9 Å². The molecule has 1 aromatic heterocycles. The molecule has 0 saturated carbocycles. The highest BCUT2D eigenvalue weighted by molar-refractivity contribution is 5.80. The van der Waals surface area contributed by atoms with Gasteiger partial charge in [0.1, 0.15) is 0 Å². The van der Waals surface area contributed by atoms with Crippen LogP contribution in [0.2, 0.25) is 0 Å². The third-order valence-electron chi connectivity index (χ3n) is 7.57. The minimum atomic E-state index is -0.0444. The number of amides is 1. The Labute approximate surface area is 207 Å². The molecule has 0 bridgehead atoms. The number of aryl methyl sites for hydroxylation is 2. The van der Waals surface area contributed by atoms with Gasteiger partial charge in [0.2, 0.25) is 5.91 Å². The van der Waals surface area contributed by atoms with Gasteiger partial charge in [-0.05, 0) is 63.4 Å². The average molecular weight is 474 g/mol. The Morgan fingerprint density at radius 1 is 1.03 bits per heavy atom. The lowest BCUT2D eigenvalue weighted by atomic mass is 9.94. The number of piperidine rings is 1. The molecule has 2 aliphatic rings. The standard InChI is InChI=1S/C28H35N5O2/c1-4-32-25-11-6-5-10-24(25)29-26(28(32)35)30-14-12-22(13-15-30)27(34)31-16-17-33(21(3)19-31)23-9-7-8-20(2)18-23/h5-11,18,21-22H,4,12-17,19H2,1-3H3. The number of hydrogen-bond donors (Lipinski definition) is 0. The minimum Gasteiger partial charge on any atom is -0.365 e. The first-order chi connectivity index (χ1) is 17.0. The van der Waals surface area contributed by atoms with Crippen LogP contribution in [0.4, 0.5) is 11.5 Å². The third kappa shape index (κ3) is 4.51. The maximum Gasteiger partial charge on any atom is 0.293 e. The molecule has 184 valence electrons. The van der Waals surface area contributed by atoms with Crippen molar-refractivity contribution in [2.75, 3.05) is 42.5 Å². The Morgan fingerprint density at radius 2 is 1.80 bits per heavy atom. The number of nitrogens with zero attached hydrogens (tertiary/aromatic N) is 5. The highest BCUT2D eigenvalue weighted by atomic mass is 16.2. The molecule has 2 aliphatic heterocycles. The van der Waals surface area contributed by atoms with Gasteiger partial charge in [0.15, 0.2) is 5.82 Å². The fourth-order valence-corrected chi connectivity index (χ4v) is 5.64. The van der Waals surface area contributed by atoms with Crippen molar-refractivity contribution in [3.63, 3.8) is 0 Å². The van der Waals surface area contributed by atoms with E-state index in [-0.39, 0.29) is 23.4 Å². The normalized spacial score (nSPS) is 19.4. The molecule has 2 saturated heterocycles. The van der Waals surface area contributed by atoms with Gasteiger partial charge >= 0.3 is 0 Å². The molecular formula is C28H35N5O2. The molecule has 3 heterocycles. The third-order valence-corrected chi connectivity index (χ3v) is 7.57. The smallest absolute Gasteiger partial charge is 0.293 e. The van der Waals surface area contributed by atoms with Crippen molar-refractivity contribution in [3.05, 3.63) is 64.4 Å². The van der Waals surface area contributed by atoms with Crippen LogP contribution in [0.3, 0.4) is 0 Å². The number of benzene rings is 2. The van der Waals surface area contributed by atoms with Crippen LogP contribution in [0.25, 0.3) is 11.0 Å². The van der Waals surface area contributed by atoms with Gasteiger partial charge in [-0.15, -0.1) is 0 Å². The van der Waals surface area contributed by atoms with Crippen LogP contribution in [0, 0.1) is 12.8 Å². The van der Waals surface area contributed by atoms with Gasteiger partial charge in [-0.1, -0.05) is 24.3 Å². The number of piperazine rings is 1. The maximum absolute atomic E-state index is 13.4. The molecule has 7 heteroatoms. The molecule has 35 heavy (non-hydrogen) atoms. The summed E-state index contributed by atoms with van der Waals surface area (Å²) in [5.74, 6) is 0.785. The van der Waals surface area contributed by atoms with Crippen molar-refractivity contribution in [2.24, 2.45) is 5.92 Å². The first kappa shape index (κ1) is 23.4. The SMILES string of the molecule is CCn1c(=O)c(N2CCC(C(=O)N3CCN(c4cccc(C)c4)C(C)C3)CC2)nc2ccccc21. The quantitative estimate of drug-likeness (QED) is 0.579. The number of para-hydroxylation sites is 2. The first-order valence-electron chi connectivity index (χ1n) is 12.8.